The number of urea groups is 1. The Balaban J connectivity index is 1.69. The quantitative estimate of drug-likeness (QED) is 0.648. The average Bonchev–Trinajstić information content (AvgIpc) is 2.58. The van der Waals surface area contributed by atoms with E-state index in [1.165, 1.54) is 19.2 Å². The van der Waals surface area contributed by atoms with Gasteiger partial charge in [-0.25, -0.2) is 13.6 Å². The summed E-state index contributed by atoms with van der Waals surface area (Å²) in [5.74, 6) is -4.50. The van der Waals surface area contributed by atoms with E-state index in [9.17, 15) is 28.3 Å². The number of nitrogens with zero attached hydrogens (tertiary/aromatic N) is 2. The smallest absolute Gasteiger partial charge is 0.450 e. The first-order chi connectivity index (χ1) is 12.8. The summed E-state index contributed by atoms with van der Waals surface area (Å²) in [4.78, 5) is 37.5. The highest BCUT2D eigenvalue weighted by Gasteiger charge is 2.50. The molecule has 0 saturated carbocycles. The molecular weight excluding hydrogens is 362 g/mol. The molecule has 4 amide bonds. The molecule has 2 unspecified atom stereocenters. The zero-order valence-corrected chi connectivity index (χ0v) is 14.3. The molecule has 0 spiro atoms. The molecule has 0 radical (unpaired) electrons. The number of aliphatic hydroxyl groups is 1. The van der Waals surface area contributed by atoms with Gasteiger partial charge in [0.15, 0.2) is 5.92 Å². The van der Waals surface area contributed by atoms with Crippen LogP contribution in [0.25, 0.3) is 0 Å². The number of rotatable bonds is 4. The van der Waals surface area contributed by atoms with Crippen LogP contribution < -0.4 is 15.3 Å². The first kappa shape index (κ1) is 18.5. The van der Waals surface area contributed by atoms with E-state index in [0.29, 0.717) is 11.0 Å². The Hall–Kier alpha value is -3.26. The van der Waals surface area contributed by atoms with Crippen LogP contribution in [-0.4, -0.2) is 52.6 Å². The molecular formula is C17H17F2N4O4+. The van der Waals surface area contributed by atoms with Crippen molar-refractivity contribution < 1.29 is 28.3 Å². The maximum atomic E-state index is 13.8. The lowest BCUT2D eigenvalue weighted by atomic mass is 9.92. The molecule has 10 heteroatoms. The van der Waals surface area contributed by atoms with E-state index >= 15 is 0 Å². The Bertz CT molecular complexity index is 882. The number of hydrogen-bond donors (Lipinski definition) is 3. The van der Waals surface area contributed by atoms with E-state index in [2.05, 4.69) is 15.3 Å². The van der Waals surface area contributed by atoms with Gasteiger partial charge >= 0.3 is 11.9 Å². The van der Waals surface area contributed by atoms with E-state index in [-0.39, 0.29) is 12.0 Å². The number of hydrogen-bond acceptors (Lipinski definition) is 3. The van der Waals surface area contributed by atoms with Gasteiger partial charge in [-0.2, -0.15) is 0 Å². The SMILES string of the molecule is C[C@H](NC(=O)CN1C(=O)NC2CC=[N+]=C(O)C2C1=O)c1ccc(F)cc1F. The van der Waals surface area contributed by atoms with E-state index in [4.69, 9.17) is 0 Å². The zero-order valence-electron chi connectivity index (χ0n) is 14.3. The van der Waals surface area contributed by atoms with Gasteiger partial charge in [0.1, 0.15) is 18.2 Å². The standard InChI is InChI=1S/C17H16F2N4O4/c1-8(10-3-2-9(18)6-11(10)19)21-13(24)7-23-16(26)14-12(22-17(23)27)4-5-20-15(14)25/h2-3,5-6,8,12,14H,4,7H2,1H3,(H2,21,22,24,27)/p+1/t8-,12?,14?/m0/s1. The van der Waals surface area contributed by atoms with Gasteiger partial charge in [0.25, 0.3) is 12.1 Å². The van der Waals surface area contributed by atoms with Crippen molar-refractivity contribution in [1.82, 2.24) is 20.2 Å². The van der Waals surface area contributed by atoms with Gasteiger partial charge in [-0.15, -0.1) is 0 Å². The van der Waals surface area contributed by atoms with Crippen LogP contribution in [-0.2, 0) is 9.59 Å². The second-order valence-electron chi connectivity index (χ2n) is 6.32. The number of aliphatic hydroxyl groups excluding tert-OH is 1. The Morgan fingerprint density at radius 2 is 2.19 bits per heavy atom. The molecule has 1 aromatic rings. The number of carbonyl (C=O) groups excluding carboxylic acids is 3. The predicted molar refractivity (Wildman–Crippen MR) is 90.9 cm³/mol. The van der Waals surface area contributed by atoms with Crippen molar-refractivity contribution in [1.29, 1.82) is 0 Å². The highest BCUT2D eigenvalue weighted by molar-refractivity contribution is 6.11. The molecule has 1 aromatic carbocycles. The summed E-state index contributed by atoms with van der Waals surface area (Å²) in [5.41, 5.74) is 0.0619. The van der Waals surface area contributed by atoms with Crippen LogP contribution in [0.4, 0.5) is 13.6 Å². The molecule has 0 bridgehead atoms. The van der Waals surface area contributed by atoms with Crippen molar-refractivity contribution >= 4 is 30.0 Å². The minimum absolute atomic E-state index is 0.0619. The topological polar surface area (TPSA) is 113 Å². The first-order valence-corrected chi connectivity index (χ1v) is 8.22. The number of benzene rings is 1. The summed E-state index contributed by atoms with van der Waals surface area (Å²) < 4.78 is 30.5. The Morgan fingerprint density at radius 1 is 1.44 bits per heavy atom. The van der Waals surface area contributed by atoms with E-state index in [0.717, 1.165) is 6.07 Å². The molecule has 27 heavy (non-hydrogen) atoms. The largest absolute Gasteiger partial charge is 0.473 e. The third kappa shape index (κ3) is 3.65. The molecule has 2 heterocycles. The molecule has 0 aromatic heterocycles. The normalized spacial score (nSPS) is 22.6. The molecule has 8 nitrogen and oxygen atoms in total. The highest BCUT2D eigenvalue weighted by atomic mass is 19.1. The minimum atomic E-state index is -1.05. The van der Waals surface area contributed by atoms with Crippen molar-refractivity contribution in [3.05, 3.63) is 35.4 Å². The third-order valence-corrected chi connectivity index (χ3v) is 4.46. The first-order valence-electron chi connectivity index (χ1n) is 8.22. The minimum Gasteiger partial charge on any atom is -0.450 e. The molecule has 3 N–H and O–H groups in total. The van der Waals surface area contributed by atoms with Crippen molar-refractivity contribution in [3.8, 4) is 0 Å². The number of imide groups is 1. The Morgan fingerprint density at radius 3 is 2.89 bits per heavy atom. The fraction of sp³-hybridized carbons (Fsp3) is 0.353. The second-order valence-corrected chi connectivity index (χ2v) is 6.32. The highest BCUT2D eigenvalue weighted by Crippen LogP contribution is 2.20. The predicted octanol–water partition coefficient (Wildman–Crippen LogP) is 0.177. The summed E-state index contributed by atoms with van der Waals surface area (Å²) in [5, 5.41) is 14.8. The summed E-state index contributed by atoms with van der Waals surface area (Å²) in [6.45, 7) is 0.871. The molecule has 3 rings (SSSR count). The Kier molecular flexibility index (Phi) is 4.91. The molecule has 2 aliphatic heterocycles. The summed E-state index contributed by atoms with van der Waals surface area (Å²) in [6.07, 6.45) is 1.68. The number of carbonyl (C=O) groups is 3. The molecule has 1 fully saturated rings. The Labute approximate surface area is 152 Å². The van der Waals surface area contributed by atoms with E-state index in [1.807, 2.05) is 0 Å². The molecule has 3 atom stereocenters. The van der Waals surface area contributed by atoms with Gasteiger partial charge < -0.3 is 15.7 Å². The van der Waals surface area contributed by atoms with Gasteiger partial charge in [0.2, 0.25) is 5.91 Å². The summed E-state index contributed by atoms with van der Waals surface area (Å²) >= 11 is 0. The zero-order chi connectivity index (χ0) is 19.7. The van der Waals surface area contributed by atoms with Crippen LogP contribution in [0, 0.1) is 17.6 Å². The molecule has 142 valence electrons. The number of halogens is 2. The van der Waals surface area contributed by atoms with Gasteiger partial charge in [0, 0.05) is 11.6 Å². The maximum absolute atomic E-state index is 13.8. The number of fused-ring (bicyclic) bond motifs is 1. The van der Waals surface area contributed by atoms with Gasteiger partial charge in [0.05, 0.1) is 18.5 Å². The average molecular weight is 379 g/mol. The monoisotopic (exact) mass is 379 g/mol. The van der Waals surface area contributed by atoms with Crippen molar-refractivity contribution in [2.45, 2.75) is 25.4 Å². The van der Waals surface area contributed by atoms with E-state index in [1.54, 1.807) is 0 Å². The summed E-state index contributed by atoms with van der Waals surface area (Å²) in [7, 11) is 0. The van der Waals surface area contributed by atoms with Crippen molar-refractivity contribution in [2.24, 2.45) is 5.92 Å². The van der Waals surface area contributed by atoms with Crippen LogP contribution in [0.2, 0.25) is 0 Å². The second kappa shape index (κ2) is 7.16. The fourth-order valence-corrected chi connectivity index (χ4v) is 3.10. The van der Waals surface area contributed by atoms with Crippen molar-refractivity contribution in [3.63, 3.8) is 0 Å². The fourth-order valence-electron chi connectivity index (χ4n) is 3.10. The molecule has 2 aliphatic rings. The lowest BCUT2D eigenvalue weighted by Gasteiger charge is -2.33. The molecule has 1 saturated heterocycles. The third-order valence-electron chi connectivity index (χ3n) is 4.46. The number of nitrogens with one attached hydrogen (secondary N) is 2. The summed E-state index contributed by atoms with van der Waals surface area (Å²) in [6, 6.07) is 0.765. The number of amides is 4. The van der Waals surface area contributed by atoms with Crippen LogP contribution in [0.3, 0.4) is 0 Å². The van der Waals surface area contributed by atoms with Crippen molar-refractivity contribution in [2.75, 3.05) is 6.54 Å². The van der Waals surface area contributed by atoms with Crippen LogP contribution in [0.5, 0.6) is 0 Å². The van der Waals surface area contributed by atoms with Crippen LogP contribution in [0.1, 0.15) is 24.9 Å². The maximum Gasteiger partial charge on any atom is 0.473 e. The van der Waals surface area contributed by atoms with Gasteiger partial charge in [-0.3, -0.25) is 14.5 Å². The lowest BCUT2D eigenvalue weighted by molar-refractivity contribution is -0.137. The van der Waals surface area contributed by atoms with Gasteiger partial charge in [-0.1, -0.05) is 10.7 Å². The van der Waals surface area contributed by atoms with E-state index < -0.39 is 59.9 Å². The molecule has 0 aliphatic carbocycles. The van der Waals surface area contributed by atoms with Gasteiger partial charge in [-0.05, 0) is 13.0 Å². The van der Waals surface area contributed by atoms with Crippen LogP contribution in [0.15, 0.2) is 18.2 Å². The van der Waals surface area contributed by atoms with Crippen LogP contribution >= 0.6 is 0 Å². The lowest BCUT2D eigenvalue weighted by Crippen LogP contribution is -2.64.